The number of rotatable bonds is 2. The molecular weight excluding hydrogens is 777 g/mol. The van der Waals surface area contributed by atoms with Crippen LogP contribution in [0.15, 0.2) is 216 Å². The third-order valence-electron chi connectivity index (χ3n) is 14.3. The van der Waals surface area contributed by atoms with E-state index in [1.165, 1.54) is 66.8 Å². The summed E-state index contributed by atoms with van der Waals surface area (Å²) in [7, 11) is -3.89. The summed E-state index contributed by atoms with van der Waals surface area (Å²) >= 11 is 0. The molecule has 1 aromatic heterocycles. The van der Waals surface area contributed by atoms with Gasteiger partial charge in [-0.2, -0.15) is 0 Å². The van der Waals surface area contributed by atoms with Gasteiger partial charge in [0.05, 0.1) is 37.3 Å². The molecule has 2 heterocycles. The average Bonchev–Trinajstić information content (AvgIpc) is 3.96. The van der Waals surface area contributed by atoms with Gasteiger partial charge < -0.3 is 0 Å². The maximum Gasteiger partial charge on any atom is 0.210 e. The first-order valence-corrected chi connectivity index (χ1v) is 22.6. The summed E-state index contributed by atoms with van der Waals surface area (Å²) in [6.45, 7) is 0. The van der Waals surface area contributed by atoms with Gasteiger partial charge in [0.15, 0.2) is 0 Å². The van der Waals surface area contributed by atoms with Gasteiger partial charge in [-0.15, -0.1) is 0 Å². The zero-order chi connectivity index (χ0) is 41.0. The average molecular weight is 811 g/mol. The van der Waals surface area contributed by atoms with Crippen molar-refractivity contribution in [2.24, 2.45) is 0 Å². The second kappa shape index (κ2) is 11.8. The van der Waals surface area contributed by atoms with E-state index in [4.69, 9.17) is 4.98 Å². The van der Waals surface area contributed by atoms with Crippen LogP contribution in [-0.2, 0) is 20.7 Å². The number of aromatic nitrogens is 2. The standard InChI is InChI=1S/C57H34N2O2S/c60-62(61)52-28-14-27-50-54(52)59(55(58-50)35-15-2-1-3-16-35)51-32-30-37(34-53(51)62)36-29-31-41-40-19-6-9-22-44(40)57(49(41)33-36)47-25-12-10-23-45(47)56(46-24-11-13-26-48(46)57)42-20-7-4-17-38(42)39-18-5-8-21-43(39)56/h1-34H. The summed E-state index contributed by atoms with van der Waals surface area (Å²) in [5.74, 6) is 0.717. The number of sulfone groups is 1. The number of imidazole rings is 1. The van der Waals surface area contributed by atoms with Crippen LogP contribution in [0.5, 0.6) is 0 Å². The van der Waals surface area contributed by atoms with Crippen molar-refractivity contribution in [3.8, 4) is 50.5 Å². The van der Waals surface area contributed by atoms with Gasteiger partial charge in [-0.1, -0.05) is 176 Å². The molecule has 1 aliphatic heterocycles. The molecule has 9 aromatic carbocycles. The molecule has 0 fully saturated rings. The lowest BCUT2D eigenvalue weighted by Gasteiger charge is -2.48. The van der Waals surface area contributed by atoms with Gasteiger partial charge in [0, 0.05) is 5.56 Å². The molecule has 4 aliphatic rings. The molecule has 10 aromatic rings. The van der Waals surface area contributed by atoms with Gasteiger partial charge >= 0.3 is 0 Å². The summed E-state index contributed by atoms with van der Waals surface area (Å²) < 4.78 is 31.5. The number of para-hydroxylation sites is 1. The van der Waals surface area contributed by atoms with E-state index in [9.17, 15) is 8.42 Å². The second-order valence-electron chi connectivity index (χ2n) is 16.9. The van der Waals surface area contributed by atoms with Crippen LogP contribution in [0, 0.1) is 0 Å². The Morgan fingerprint density at radius 3 is 1.42 bits per heavy atom. The fraction of sp³-hybridized carbons (Fsp3) is 0.0351. The van der Waals surface area contributed by atoms with E-state index in [-0.39, 0.29) is 9.79 Å². The summed E-state index contributed by atoms with van der Waals surface area (Å²) in [5, 5.41) is 0. The van der Waals surface area contributed by atoms with Crippen molar-refractivity contribution >= 4 is 20.9 Å². The zero-order valence-corrected chi connectivity index (χ0v) is 34.1. The van der Waals surface area contributed by atoms with Crippen molar-refractivity contribution in [2.45, 2.75) is 20.6 Å². The van der Waals surface area contributed by atoms with Gasteiger partial charge in [-0.05, 0) is 108 Å². The molecule has 0 N–H and O–H groups in total. The van der Waals surface area contributed by atoms with Crippen molar-refractivity contribution in [1.29, 1.82) is 0 Å². The molecule has 0 bridgehead atoms. The van der Waals surface area contributed by atoms with Gasteiger partial charge in [-0.3, -0.25) is 4.57 Å². The smallest absolute Gasteiger partial charge is 0.210 e. The Morgan fingerprint density at radius 2 is 0.839 bits per heavy atom. The molecule has 4 nitrogen and oxygen atoms in total. The highest BCUT2D eigenvalue weighted by Gasteiger charge is 2.58. The quantitative estimate of drug-likeness (QED) is 0.175. The SMILES string of the molecule is O=S1(=O)c2cc(-c3ccc4c(c3)C3(c5ccccc5-4)c4ccccc4C4(c5ccccc5-c5ccccc54)c4ccccc43)ccc2-n2c(-c3ccccc3)nc3cccc1c32. The fourth-order valence-electron chi connectivity index (χ4n) is 12.0. The van der Waals surface area contributed by atoms with Crippen LogP contribution >= 0.6 is 0 Å². The lowest BCUT2D eigenvalue weighted by atomic mass is 9.52. The van der Waals surface area contributed by atoms with E-state index in [2.05, 4.69) is 146 Å². The molecule has 3 aliphatic carbocycles. The number of hydrogen-bond donors (Lipinski definition) is 0. The first-order chi connectivity index (χ1) is 30.5. The molecule has 0 amide bonds. The molecule has 2 spiro atoms. The molecule has 0 saturated heterocycles. The topological polar surface area (TPSA) is 52.0 Å². The molecule has 5 heteroatoms. The number of nitrogens with zero attached hydrogens (tertiary/aromatic N) is 2. The maximum absolute atomic E-state index is 14.7. The summed E-state index contributed by atoms with van der Waals surface area (Å²) in [6, 6.07) is 73.1. The van der Waals surface area contributed by atoms with E-state index in [0.29, 0.717) is 22.5 Å². The van der Waals surface area contributed by atoms with Crippen LogP contribution < -0.4 is 0 Å². The van der Waals surface area contributed by atoms with Gasteiger partial charge in [0.25, 0.3) is 0 Å². The molecule has 0 radical (unpaired) electrons. The minimum absolute atomic E-state index is 0.275. The molecule has 0 atom stereocenters. The Balaban J connectivity index is 1.03. The lowest BCUT2D eigenvalue weighted by Crippen LogP contribution is -2.43. The van der Waals surface area contributed by atoms with E-state index in [0.717, 1.165) is 16.7 Å². The first kappa shape index (κ1) is 34.1. The van der Waals surface area contributed by atoms with Crippen LogP contribution in [0.3, 0.4) is 0 Å². The summed E-state index contributed by atoms with van der Waals surface area (Å²) in [6.07, 6.45) is 0. The van der Waals surface area contributed by atoms with Crippen LogP contribution in [0.25, 0.3) is 61.5 Å². The van der Waals surface area contributed by atoms with Gasteiger partial charge in [-0.25, -0.2) is 13.4 Å². The van der Waals surface area contributed by atoms with E-state index >= 15 is 0 Å². The third-order valence-corrected chi connectivity index (χ3v) is 16.1. The highest BCUT2D eigenvalue weighted by atomic mass is 32.2. The Hall–Kier alpha value is -7.60. The van der Waals surface area contributed by atoms with Crippen LogP contribution in [0.2, 0.25) is 0 Å². The molecule has 62 heavy (non-hydrogen) atoms. The van der Waals surface area contributed by atoms with Crippen LogP contribution in [-0.4, -0.2) is 18.0 Å². The van der Waals surface area contributed by atoms with Crippen LogP contribution in [0.4, 0.5) is 0 Å². The minimum Gasteiger partial charge on any atom is -0.290 e. The molecular formula is C57H34N2O2S. The van der Waals surface area contributed by atoms with E-state index in [1.807, 2.05) is 53.1 Å². The molecule has 14 rings (SSSR count). The molecule has 0 saturated carbocycles. The summed E-state index contributed by atoms with van der Waals surface area (Å²) in [4.78, 5) is 5.54. The predicted molar refractivity (Wildman–Crippen MR) is 246 cm³/mol. The van der Waals surface area contributed by atoms with Crippen molar-refractivity contribution in [3.05, 3.63) is 251 Å². The van der Waals surface area contributed by atoms with Crippen molar-refractivity contribution in [3.63, 3.8) is 0 Å². The number of benzene rings is 9. The van der Waals surface area contributed by atoms with Crippen molar-refractivity contribution in [2.75, 3.05) is 0 Å². The fourth-order valence-corrected chi connectivity index (χ4v) is 13.6. The monoisotopic (exact) mass is 810 g/mol. The third kappa shape index (κ3) is 3.94. The lowest BCUT2D eigenvalue weighted by molar-refractivity contribution is 0.594. The minimum atomic E-state index is -3.89. The van der Waals surface area contributed by atoms with Crippen LogP contribution in [0.1, 0.15) is 44.5 Å². The maximum atomic E-state index is 14.7. The Morgan fingerprint density at radius 1 is 0.371 bits per heavy atom. The number of fused-ring (bicyclic) bond motifs is 18. The molecule has 0 unspecified atom stereocenters. The predicted octanol–water partition coefficient (Wildman–Crippen LogP) is 12.5. The molecule has 290 valence electrons. The Bertz CT molecular complexity index is 3640. The zero-order valence-electron chi connectivity index (χ0n) is 33.2. The van der Waals surface area contributed by atoms with Gasteiger partial charge in [0.1, 0.15) is 5.82 Å². The van der Waals surface area contributed by atoms with Crippen molar-refractivity contribution in [1.82, 2.24) is 9.55 Å². The second-order valence-corrected chi connectivity index (χ2v) is 18.8. The van der Waals surface area contributed by atoms with Crippen molar-refractivity contribution < 1.29 is 8.42 Å². The normalized spacial score (nSPS) is 15.6. The van der Waals surface area contributed by atoms with E-state index < -0.39 is 20.7 Å². The Labute approximate surface area is 359 Å². The highest BCUT2D eigenvalue weighted by Crippen LogP contribution is 2.67. The highest BCUT2D eigenvalue weighted by molar-refractivity contribution is 7.92. The van der Waals surface area contributed by atoms with Gasteiger partial charge in [0.2, 0.25) is 9.84 Å². The number of hydrogen-bond acceptors (Lipinski definition) is 3. The van der Waals surface area contributed by atoms with E-state index in [1.54, 1.807) is 12.1 Å². The summed E-state index contributed by atoms with van der Waals surface area (Å²) in [5.41, 5.74) is 18.5. The Kier molecular flexibility index (Phi) is 6.51. The first-order valence-electron chi connectivity index (χ1n) is 21.1. The largest absolute Gasteiger partial charge is 0.290 e.